The molecule has 2 amide bonds. The fourth-order valence-electron chi connectivity index (χ4n) is 0.164. The van der Waals surface area contributed by atoms with E-state index in [1.165, 1.54) is 0 Å². The van der Waals surface area contributed by atoms with Crippen LogP contribution in [0.1, 0.15) is 0 Å². The third-order valence-electron chi connectivity index (χ3n) is 0.473. The highest BCUT2D eigenvalue weighted by Crippen LogP contribution is 2.13. The van der Waals surface area contributed by atoms with Gasteiger partial charge in [0.15, 0.2) is 0 Å². The van der Waals surface area contributed by atoms with E-state index in [1.807, 2.05) is 0 Å². The minimum Gasteiger partial charge on any atom is -0.264 e. The Balaban J connectivity index is 3.99. The van der Waals surface area contributed by atoms with Crippen molar-refractivity contribution in [2.75, 3.05) is 0 Å². The van der Waals surface area contributed by atoms with E-state index < -0.39 is 18.2 Å². The molecule has 0 bridgehead atoms. The van der Waals surface area contributed by atoms with E-state index in [4.69, 9.17) is 0 Å². The standard InChI is InChI=1S/C3HF3NO3/c4-3(5,6)1(8)7-2(9)10/h(H,7,8). The molecular formula is C3HF3NO3. The van der Waals surface area contributed by atoms with Gasteiger partial charge in [-0.25, -0.2) is 9.90 Å². The third kappa shape index (κ3) is 2.90. The summed E-state index contributed by atoms with van der Waals surface area (Å²) < 4.78 is 33.3. The average Bonchev–Trinajstić information content (AvgIpc) is 1.60. The van der Waals surface area contributed by atoms with Crippen LogP contribution in [0.3, 0.4) is 0 Å². The molecule has 1 N–H and O–H groups in total. The molecule has 0 aliphatic carbocycles. The van der Waals surface area contributed by atoms with Crippen molar-refractivity contribution in [3.05, 3.63) is 0 Å². The molecule has 0 saturated carbocycles. The lowest BCUT2D eigenvalue weighted by Crippen LogP contribution is -2.39. The van der Waals surface area contributed by atoms with E-state index >= 15 is 0 Å². The number of rotatable bonds is 0. The van der Waals surface area contributed by atoms with Gasteiger partial charge in [-0.15, -0.1) is 0 Å². The highest BCUT2D eigenvalue weighted by atomic mass is 19.4. The molecule has 4 nitrogen and oxygen atoms in total. The Kier molecular flexibility index (Phi) is 2.22. The first-order chi connectivity index (χ1) is 4.34. The van der Waals surface area contributed by atoms with Gasteiger partial charge < -0.3 is 0 Å². The lowest BCUT2D eigenvalue weighted by molar-refractivity contribution is -0.172. The summed E-state index contributed by atoms with van der Waals surface area (Å²) in [5.41, 5.74) is 0. The molecule has 0 aromatic heterocycles. The van der Waals surface area contributed by atoms with Crippen LogP contribution in [0.25, 0.3) is 0 Å². The summed E-state index contributed by atoms with van der Waals surface area (Å²) in [6.07, 6.45) is -7.46. The van der Waals surface area contributed by atoms with Gasteiger partial charge in [0.05, 0.1) is 0 Å². The van der Waals surface area contributed by atoms with Crippen LogP contribution in [-0.2, 0) is 9.90 Å². The fourth-order valence-corrected chi connectivity index (χ4v) is 0.164. The molecule has 0 rings (SSSR count). The number of hydrogen-bond acceptors (Lipinski definition) is 2. The summed E-state index contributed by atoms with van der Waals surface area (Å²) in [5.74, 6) is -2.55. The summed E-state index contributed by atoms with van der Waals surface area (Å²) in [6.45, 7) is 0. The lowest BCUT2D eigenvalue weighted by Gasteiger charge is -2.00. The molecule has 10 heavy (non-hydrogen) atoms. The highest BCUT2D eigenvalue weighted by Gasteiger charge is 2.39. The molecule has 0 heterocycles. The third-order valence-corrected chi connectivity index (χ3v) is 0.473. The van der Waals surface area contributed by atoms with Crippen molar-refractivity contribution >= 4 is 12.0 Å². The SMILES string of the molecule is [O]C(=O)NC(=O)C(F)(F)F. The van der Waals surface area contributed by atoms with Gasteiger partial charge in [0.25, 0.3) is 0 Å². The summed E-state index contributed by atoms with van der Waals surface area (Å²) in [4.78, 5) is 18.9. The maximum atomic E-state index is 11.1. The first-order valence-electron chi connectivity index (χ1n) is 1.93. The zero-order valence-corrected chi connectivity index (χ0v) is 4.36. The molecule has 0 aromatic rings. The lowest BCUT2D eigenvalue weighted by atomic mass is 10.6. The van der Waals surface area contributed by atoms with Crippen LogP contribution in [0.15, 0.2) is 0 Å². The van der Waals surface area contributed by atoms with Crippen LogP contribution < -0.4 is 5.32 Å². The zero-order valence-electron chi connectivity index (χ0n) is 4.36. The Bertz CT molecular complexity index is 163. The molecule has 0 spiro atoms. The topological polar surface area (TPSA) is 66.1 Å². The van der Waals surface area contributed by atoms with Crippen molar-refractivity contribution in [1.29, 1.82) is 0 Å². The molecule has 57 valence electrons. The minimum absolute atomic E-state index is 0.524. The zero-order chi connectivity index (χ0) is 8.36. The Hall–Kier alpha value is -1.27. The maximum Gasteiger partial charge on any atom is 0.471 e. The van der Waals surface area contributed by atoms with Crippen molar-refractivity contribution < 1.29 is 27.9 Å². The van der Waals surface area contributed by atoms with Gasteiger partial charge in [-0.1, -0.05) is 0 Å². The van der Waals surface area contributed by atoms with E-state index in [9.17, 15) is 27.9 Å². The van der Waals surface area contributed by atoms with Crippen LogP contribution >= 0.6 is 0 Å². The molecule has 0 atom stereocenters. The van der Waals surface area contributed by atoms with Crippen molar-refractivity contribution in [3.8, 4) is 0 Å². The smallest absolute Gasteiger partial charge is 0.264 e. The van der Waals surface area contributed by atoms with Gasteiger partial charge >= 0.3 is 18.2 Å². The van der Waals surface area contributed by atoms with Crippen LogP contribution in [-0.4, -0.2) is 18.2 Å². The maximum absolute atomic E-state index is 11.1. The number of nitrogens with one attached hydrogen (secondary N) is 1. The van der Waals surface area contributed by atoms with Gasteiger partial charge in [-0.3, -0.25) is 10.1 Å². The van der Waals surface area contributed by atoms with Crippen molar-refractivity contribution in [1.82, 2.24) is 5.32 Å². The normalized spacial score (nSPS) is 10.7. The molecule has 7 heteroatoms. The number of halogens is 3. The summed E-state index contributed by atoms with van der Waals surface area (Å²) >= 11 is 0. The van der Waals surface area contributed by atoms with Crippen LogP contribution in [0, 0.1) is 0 Å². The van der Waals surface area contributed by atoms with Gasteiger partial charge in [-0.05, 0) is 0 Å². The molecule has 0 aliphatic heterocycles. The first-order valence-corrected chi connectivity index (χ1v) is 1.93. The number of amides is 2. The van der Waals surface area contributed by atoms with E-state index in [0.717, 1.165) is 0 Å². The van der Waals surface area contributed by atoms with Gasteiger partial charge in [0.1, 0.15) is 0 Å². The second-order valence-electron chi connectivity index (χ2n) is 1.24. The summed E-state index contributed by atoms with van der Waals surface area (Å²) in [5, 5.41) is 9.84. The number of carbonyl (C=O) groups excluding carboxylic acids is 2. The Morgan fingerprint density at radius 1 is 1.20 bits per heavy atom. The van der Waals surface area contributed by atoms with Crippen molar-refractivity contribution in [2.24, 2.45) is 0 Å². The molecule has 0 fully saturated rings. The predicted octanol–water partition coefficient (Wildman–Crippen LogP) is 0.215. The van der Waals surface area contributed by atoms with E-state index in [0.29, 0.717) is 5.32 Å². The number of imide groups is 1. The number of hydrogen-bond donors (Lipinski definition) is 1. The Morgan fingerprint density at radius 3 is 1.70 bits per heavy atom. The van der Waals surface area contributed by atoms with Crippen LogP contribution in [0.4, 0.5) is 18.0 Å². The van der Waals surface area contributed by atoms with Crippen LogP contribution in [0.2, 0.25) is 0 Å². The monoisotopic (exact) mass is 156 g/mol. The fraction of sp³-hybridized carbons (Fsp3) is 0.333. The van der Waals surface area contributed by atoms with E-state index in [2.05, 4.69) is 0 Å². The summed E-state index contributed by atoms with van der Waals surface area (Å²) in [6, 6.07) is 0. The second kappa shape index (κ2) is 2.54. The molecule has 0 aromatic carbocycles. The second-order valence-corrected chi connectivity index (χ2v) is 1.24. The first kappa shape index (κ1) is 8.73. The highest BCUT2D eigenvalue weighted by molar-refractivity contribution is 5.93. The Labute approximate surface area is 52.6 Å². The quantitative estimate of drug-likeness (QED) is 0.544. The number of alkyl halides is 3. The molecule has 0 saturated heterocycles. The van der Waals surface area contributed by atoms with Gasteiger partial charge in [0, 0.05) is 0 Å². The molecular weight excluding hydrogens is 155 g/mol. The van der Waals surface area contributed by atoms with Crippen LogP contribution in [0.5, 0.6) is 0 Å². The average molecular weight is 156 g/mol. The number of carbonyl (C=O) groups is 2. The minimum atomic E-state index is -5.18. The molecule has 0 unspecified atom stereocenters. The van der Waals surface area contributed by atoms with Crippen molar-refractivity contribution in [2.45, 2.75) is 6.18 Å². The summed E-state index contributed by atoms with van der Waals surface area (Å²) in [7, 11) is 0. The predicted molar refractivity (Wildman–Crippen MR) is 20.3 cm³/mol. The van der Waals surface area contributed by atoms with Gasteiger partial charge in [0.2, 0.25) is 0 Å². The van der Waals surface area contributed by atoms with E-state index in [1.54, 1.807) is 0 Å². The van der Waals surface area contributed by atoms with Gasteiger partial charge in [-0.2, -0.15) is 13.2 Å². The van der Waals surface area contributed by atoms with Crippen molar-refractivity contribution in [3.63, 3.8) is 0 Å². The largest absolute Gasteiger partial charge is 0.471 e. The molecule has 1 radical (unpaired) electrons. The Morgan fingerprint density at radius 2 is 1.60 bits per heavy atom. The molecule has 0 aliphatic rings. The van der Waals surface area contributed by atoms with E-state index in [-0.39, 0.29) is 0 Å².